The SMILES string of the molecule is COCc1ccc(OC)cc1.Clc1ccccc1COCCCOc1ccc(N2CCNCC2)cc1. The molecule has 4 rings (SSSR count). The van der Waals surface area contributed by atoms with Crippen molar-refractivity contribution in [1.82, 2.24) is 5.32 Å². The van der Waals surface area contributed by atoms with Crippen LogP contribution in [0.1, 0.15) is 17.5 Å². The summed E-state index contributed by atoms with van der Waals surface area (Å²) >= 11 is 6.10. The van der Waals surface area contributed by atoms with Gasteiger partial charge in [-0.05, 0) is 53.6 Å². The zero-order chi connectivity index (χ0) is 25.4. The monoisotopic (exact) mass is 512 g/mol. The third-order valence-electron chi connectivity index (χ3n) is 5.71. The first-order valence-electron chi connectivity index (χ1n) is 12.3. The number of hydrogen-bond acceptors (Lipinski definition) is 6. The van der Waals surface area contributed by atoms with Gasteiger partial charge in [0, 0.05) is 50.4 Å². The lowest BCUT2D eigenvalue weighted by Gasteiger charge is -2.29. The molecule has 0 spiro atoms. The number of hydrogen-bond donors (Lipinski definition) is 1. The molecule has 1 heterocycles. The van der Waals surface area contributed by atoms with Gasteiger partial charge in [0.1, 0.15) is 11.5 Å². The first kappa shape index (κ1) is 27.8. The van der Waals surface area contributed by atoms with Crippen LogP contribution in [0.15, 0.2) is 72.8 Å². The molecule has 1 N–H and O–H groups in total. The average Bonchev–Trinajstić information content (AvgIpc) is 2.93. The molecule has 6 nitrogen and oxygen atoms in total. The van der Waals surface area contributed by atoms with Crippen molar-refractivity contribution in [2.75, 3.05) is 58.5 Å². The number of benzene rings is 3. The van der Waals surface area contributed by atoms with Gasteiger partial charge in [0.2, 0.25) is 0 Å². The molecule has 0 saturated carbocycles. The fraction of sp³-hybridized carbons (Fsp3) is 0.379. The van der Waals surface area contributed by atoms with Crippen molar-refractivity contribution in [1.29, 1.82) is 0 Å². The molecule has 0 amide bonds. The van der Waals surface area contributed by atoms with Crippen molar-refractivity contribution in [2.45, 2.75) is 19.6 Å². The zero-order valence-electron chi connectivity index (χ0n) is 21.3. The summed E-state index contributed by atoms with van der Waals surface area (Å²) in [6.07, 6.45) is 0.851. The Morgan fingerprint density at radius 1 is 0.806 bits per heavy atom. The van der Waals surface area contributed by atoms with E-state index in [0.29, 0.717) is 26.4 Å². The van der Waals surface area contributed by atoms with E-state index >= 15 is 0 Å². The first-order chi connectivity index (χ1) is 17.7. The minimum atomic E-state index is 0.541. The number of anilines is 1. The van der Waals surface area contributed by atoms with Gasteiger partial charge in [-0.1, -0.05) is 41.9 Å². The Morgan fingerprint density at radius 2 is 1.50 bits per heavy atom. The number of nitrogens with one attached hydrogen (secondary N) is 1. The Morgan fingerprint density at radius 3 is 2.17 bits per heavy atom. The standard InChI is InChI=1S/C20H25ClN2O2.C9H12O2/c21-20-5-2-1-4-17(20)16-24-14-3-15-25-19-8-6-18(7-9-19)23-12-10-22-11-13-23;1-10-7-8-3-5-9(11-2)6-4-8/h1-2,4-9,22H,3,10-16H2;3-6H,7H2,1-2H3. The highest BCUT2D eigenvalue weighted by molar-refractivity contribution is 6.31. The van der Waals surface area contributed by atoms with Crippen LogP contribution in [0.3, 0.4) is 0 Å². The highest BCUT2D eigenvalue weighted by Gasteiger charge is 2.10. The van der Waals surface area contributed by atoms with Crippen LogP contribution in [0.5, 0.6) is 11.5 Å². The summed E-state index contributed by atoms with van der Waals surface area (Å²) in [6, 6.07) is 23.9. The van der Waals surface area contributed by atoms with Crippen LogP contribution < -0.4 is 19.7 Å². The molecule has 7 heteroatoms. The van der Waals surface area contributed by atoms with E-state index < -0.39 is 0 Å². The van der Waals surface area contributed by atoms with Gasteiger partial charge in [-0.2, -0.15) is 0 Å². The Hall–Kier alpha value is -2.77. The molecule has 194 valence electrons. The van der Waals surface area contributed by atoms with Crippen LogP contribution >= 0.6 is 11.6 Å². The average molecular weight is 513 g/mol. The lowest BCUT2D eigenvalue weighted by molar-refractivity contribution is 0.107. The topological polar surface area (TPSA) is 52.2 Å². The van der Waals surface area contributed by atoms with Crippen LogP contribution in [0.2, 0.25) is 5.02 Å². The van der Waals surface area contributed by atoms with E-state index in [0.717, 1.165) is 60.2 Å². The van der Waals surface area contributed by atoms with Gasteiger partial charge in [0.15, 0.2) is 0 Å². The molecule has 0 aromatic heterocycles. The third-order valence-corrected chi connectivity index (χ3v) is 6.07. The molecule has 1 aliphatic heterocycles. The van der Waals surface area contributed by atoms with E-state index in [2.05, 4.69) is 22.3 Å². The number of piperazine rings is 1. The van der Waals surface area contributed by atoms with E-state index in [1.54, 1.807) is 14.2 Å². The fourth-order valence-electron chi connectivity index (χ4n) is 3.71. The van der Waals surface area contributed by atoms with E-state index in [9.17, 15) is 0 Å². The highest BCUT2D eigenvalue weighted by atomic mass is 35.5. The lowest BCUT2D eigenvalue weighted by atomic mass is 10.2. The molecule has 0 atom stereocenters. The fourth-order valence-corrected chi connectivity index (χ4v) is 3.90. The predicted octanol–water partition coefficient (Wildman–Crippen LogP) is 5.58. The molecule has 0 radical (unpaired) electrons. The lowest BCUT2D eigenvalue weighted by Crippen LogP contribution is -2.43. The Balaban J connectivity index is 0.000000275. The van der Waals surface area contributed by atoms with Crippen molar-refractivity contribution in [3.8, 4) is 11.5 Å². The van der Waals surface area contributed by atoms with Gasteiger partial charge in [-0.15, -0.1) is 0 Å². The van der Waals surface area contributed by atoms with E-state index in [4.69, 9.17) is 30.5 Å². The minimum Gasteiger partial charge on any atom is -0.497 e. The van der Waals surface area contributed by atoms with Crippen LogP contribution in [0, 0.1) is 0 Å². The Kier molecular flexibility index (Phi) is 12.4. The van der Waals surface area contributed by atoms with E-state index in [1.807, 2.05) is 60.7 Å². The number of rotatable bonds is 11. The molecule has 3 aromatic rings. The zero-order valence-corrected chi connectivity index (χ0v) is 22.0. The summed E-state index contributed by atoms with van der Waals surface area (Å²) in [5.74, 6) is 1.79. The minimum absolute atomic E-state index is 0.541. The van der Waals surface area contributed by atoms with Crippen molar-refractivity contribution in [3.63, 3.8) is 0 Å². The van der Waals surface area contributed by atoms with E-state index in [1.165, 1.54) is 5.69 Å². The molecule has 1 aliphatic rings. The quantitative estimate of drug-likeness (QED) is 0.339. The maximum Gasteiger partial charge on any atom is 0.119 e. The molecule has 1 fully saturated rings. The first-order valence-corrected chi connectivity index (χ1v) is 12.7. The van der Waals surface area contributed by atoms with Crippen LogP contribution in [-0.2, 0) is 22.7 Å². The van der Waals surface area contributed by atoms with Crippen molar-refractivity contribution in [2.24, 2.45) is 0 Å². The van der Waals surface area contributed by atoms with Crippen LogP contribution in [-0.4, -0.2) is 53.6 Å². The molecular weight excluding hydrogens is 476 g/mol. The molecule has 0 unspecified atom stereocenters. The van der Waals surface area contributed by atoms with Gasteiger partial charge >= 0.3 is 0 Å². The molecule has 0 aliphatic carbocycles. The second-order valence-electron chi connectivity index (χ2n) is 8.36. The number of halogens is 1. The van der Waals surface area contributed by atoms with Crippen molar-refractivity contribution in [3.05, 3.63) is 88.9 Å². The summed E-state index contributed by atoms with van der Waals surface area (Å²) in [7, 11) is 3.34. The molecule has 3 aromatic carbocycles. The molecular formula is C29H37ClN2O4. The summed E-state index contributed by atoms with van der Waals surface area (Å²) in [6.45, 7) is 6.72. The smallest absolute Gasteiger partial charge is 0.119 e. The van der Waals surface area contributed by atoms with Crippen LogP contribution in [0.25, 0.3) is 0 Å². The molecule has 36 heavy (non-hydrogen) atoms. The second-order valence-corrected chi connectivity index (χ2v) is 8.77. The highest BCUT2D eigenvalue weighted by Crippen LogP contribution is 2.20. The molecule has 1 saturated heterocycles. The van der Waals surface area contributed by atoms with Gasteiger partial charge in [-0.3, -0.25) is 0 Å². The van der Waals surface area contributed by atoms with Crippen molar-refractivity contribution < 1.29 is 18.9 Å². The third kappa shape index (κ3) is 9.70. The summed E-state index contributed by atoms with van der Waals surface area (Å²) in [5.41, 5.74) is 3.44. The number of methoxy groups -OCH3 is 2. The summed E-state index contributed by atoms with van der Waals surface area (Å²) < 4.78 is 21.4. The number of nitrogens with zero attached hydrogens (tertiary/aromatic N) is 1. The second kappa shape index (κ2) is 16.1. The van der Waals surface area contributed by atoms with Gasteiger partial charge in [0.25, 0.3) is 0 Å². The number of ether oxygens (including phenoxy) is 4. The maximum absolute atomic E-state index is 6.10. The van der Waals surface area contributed by atoms with Gasteiger partial charge in [-0.25, -0.2) is 0 Å². The van der Waals surface area contributed by atoms with E-state index in [-0.39, 0.29) is 0 Å². The predicted molar refractivity (Wildman–Crippen MR) is 146 cm³/mol. The van der Waals surface area contributed by atoms with Crippen molar-refractivity contribution >= 4 is 17.3 Å². The Labute approximate surface area is 220 Å². The maximum atomic E-state index is 6.10. The normalized spacial score (nSPS) is 13.0. The van der Waals surface area contributed by atoms with Gasteiger partial charge < -0.3 is 29.2 Å². The van der Waals surface area contributed by atoms with Crippen LogP contribution in [0.4, 0.5) is 5.69 Å². The summed E-state index contributed by atoms with van der Waals surface area (Å²) in [5, 5.41) is 4.12. The molecule has 0 bridgehead atoms. The largest absolute Gasteiger partial charge is 0.497 e. The summed E-state index contributed by atoms with van der Waals surface area (Å²) in [4.78, 5) is 2.39. The Bertz CT molecular complexity index is 993. The van der Waals surface area contributed by atoms with Gasteiger partial charge in [0.05, 0.1) is 33.5 Å².